The van der Waals surface area contributed by atoms with Gasteiger partial charge < -0.3 is 19.7 Å². The third kappa shape index (κ3) is 2.89. The number of carbonyl (C=O) groups is 1. The van der Waals surface area contributed by atoms with Gasteiger partial charge in [-0.1, -0.05) is 24.3 Å². The lowest BCUT2D eigenvalue weighted by molar-refractivity contribution is 0.0748. The van der Waals surface area contributed by atoms with Crippen molar-refractivity contribution in [3.63, 3.8) is 0 Å². The zero-order chi connectivity index (χ0) is 21.8. The Morgan fingerprint density at radius 3 is 2.53 bits per heavy atom. The predicted molar refractivity (Wildman–Crippen MR) is 116 cm³/mol. The van der Waals surface area contributed by atoms with Gasteiger partial charge in [0, 0.05) is 38.3 Å². The topological polar surface area (TPSA) is 113 Å². The number of aromatic nitrogens is 4. The third-order valence-electron chi connectivity index (χ3n) is 6.44. The summed E-state index contributed by atoms with van der Waals surface area (Å²) in [6.45, 7) is 2.23. The summed E-state index contributed by atoms with van der Waals surface area (Å²) in [5.41, 5.74) is 3.15. The van der Waals surface area contributed by atoms with Crippen LogP contribution in [0.15, 0.2) is 41.2 Å². The number of phenols is 1. The zero-order valence-corrected chi connectivity index (χ0v) is 17.2. The van der Waals surface area contributed by atoms with E-state index in [2.05, 4.69) is 15.2 Å². The fourth-order valence-corrected chi connectivity index (χ4v) is 4.76. The molecule has 9 nitrogen and oxygen atoms in total. The summed E-state index contributed by atoms with van der Waals surface area (Å²) in [5, 5.41) is 19.2. The molecular weight excluding hydrogens is 410 g/mol. The number of fused-ring (bicyclic) bond motifs is 4. The van der Waals surface area contributed by atoms with Crippen LogP contribution in [0.3, 0.4) is 0 Å². The van der Waals surface area contributed by atoms with Gasteiger partial charge in [0.2, 0.25) is 5.65 Å². The molecule has 2 aromatic heterocycles. The van der Waals surface area contributed by atoms with E-state index < -0.39 is 0 Å². The van der Waals surface area contributed by atoms with Crippen LogP contribution in [0.5, 0.6) is 5.75 Å². The first-order chi connectivity index (χ1) is 15.6. The van der Waals surface area contributed by atoms with Crippen LogP contribution >= 0.6 is 0 Å². The van der Waals surface area contributed by atoms with E-state index in [9.17, 15) is 14.7 Å². The molecule has 4 aromatic rings. The fourth-order valence-electron chi connectivity index (χ4n) is 4.76. The number of ether oxygens (including phenoxy) is 1. The molecule has 6 rings (SSSR count). The number of H-pyrrole nitrogens is 1. The van der Waals surface area contributed by atoms with Gasteiger partial charge in [-0.3, -0.25) is 14.0 Å². The second-order valence-electron chi connectivity index (χ2n) is 8.37. The van der Waals surface area contributed by atoms with E-state index in [4.69, 9.17) is 4.74 Å². The van der Waals surface area contributed by atoms with Crippen LogP contribution in [0.1, 0.15) is 46.1 Å². The molecule has 0 atom stereocenters. The van der Waals surface area contributed by atoms with E-state index >= 15 is 0 Å². The Kier molecular flexibility index (Phi) is 4.25. The molecule has 0 unspecified atom stereocenters. The lowest BCUT2D eigenvalue weighted by Crippen LogP contribution is -2.25. The van der Waals surface area contributed by atoms with Gasteiger partial charge in [-0.25, -0.2) is 0 Å². The molecule has 4 heterocycles. The second kappa shape index (κ2) is 7.16. The van der Waals surface area contributed by atoms with Crippen LogP contribution in [-0.2, 0) is 17.8 Å². The Morgan fingerprint density at radius 2 is 1.81 bits per heavy atom. The fraction of sp³-hybridized carbons (Fsp3) is 0.304. The summed E-state index contributed by atoms with van der Waals surface area (Å²) >= 11 is 0. The van der Waals surface area contributed by atoms with Gasteiger partial charge in [0.15, 0.2) is 0 Å². The second-order valence-corrected chi connectivity index (χ2v) is 8.37. The molecule has 2 aromatic carbocycles. The molecule has 2 aliphatic rings. The van der Waals surface area contributed by atoms with Crippen molar-refractivity contribution in [3.05, 3.63) is 69.3 Å². The molecule has 0 radical (unpaired) electrons. The molecule has 9 heteroatoms. The molecule has 32 heavy (non-hydrogen) atoms. The third-order valence-corrected chi connectivity index (χ3v) is 6.44. The molecule has 2 N–H and O–H groups in total. The monoisotopic (exact) mass is 431 g/mol. The lowest BCUT2D eigenvalue weighted by Gasteiger charge is -2.21. The lowest BCUT2D eigenvalue weighted by atomic mass is 9.99. The highest BCUT2D eigenvalue weighted by Gasteiger charge is 2.28. The first kappa shape index (κ1) is 19.0. The highest BCUT2D eigenvalue weighted by atomic mass is 16.5. The van der Waals surface area contributed by atoms with E-state index in [0.717, 1.165) is 24.0 Å². The molecule has 1 saturated heterocycles. The maximum absolute atomic E-state index is 13.2. The van der Waals surface area contributed by atoms with E-state index in [1.807, 2.05) is 24.3 Å². The number of amides is 1. The van der Waals surface area contributed by atoms with Crippen molar-refractivity contribution in [2.75, 3.05) is 13.2 Å². The molecule has 0 aliphatic carbocycles. The van der Waals surface area contributed by atoms with E-state index in [1.54, 1.807) is 15.4 Å². The number of nitrogens with one attached hydrogen (secondary N) is 1. The quantitative estimate of drug-likeness (QED) is 0.504. The Labute approximate surface area is 182 Å². The molecule has 1 amide bonds. The van der Waals surface area contributed by atoms with Crippen molar-refractivity contribution < 1.29 is 14.6 Å². The maximum Gasteiger partial charge on any atom is 0.294 e. The van der Waals surface area contributed by atoms with Gasteiger partial charge >= 0.3 is 0 Å². The number of aromatic amines is 1. The summed E-state index contributed by atoms with van der Waals surface area (Å²) in [5.74, 6) is 0.358. The first-order valence-corrected chi connectivity index (χ1v) is 10.7. The van der Waals surface area contributed by atoms with Crippen LogP contribution < -0.4 is 5.56 Å². The van der Waals surface area contributed by atoms with Crippen LogP contribution in [0, 0.1) is 0 Å². The van der Waals surface area contributed by atoms with Crippen molar-refractivity contribution in [1.82, 2.24) is 24.5 Å². The summed E-state index contributed by atoms with van der Waals surface area (Å²) in [7, 11) is 0. The summed E-state index contributed by atoms with van der Waals surface area (Å²) in [6.07, 6.45) is 1.57. The predicted octanol–water partition coefficient (Wildman–Crippen LogP) is 2.33. The van der Waals surface area contributed by atoms with Crippen LogP contribution in [0.2, 0.25) is 0 Å². The molecular formula is C23H21N5O4. The molecule has 0 saturated carbocycles. The van der Waals surface area contributed by atoms with Crippen molar-refractivity contribution in [2.45, 2.75) is 31.8 Å². The zero-order valence-electron chi connectivity index (χ0n) is 17.2. The van der Waals surface area contributed by atoms with E-state index in [0.29, 0.717) is 43.2 Å². The molecule has 0 bridgehead atoms. The summed E-state index contributed by atoms with van der Waals surface area (Å²) < 4.78 is 7.15. The highest BCUT2D eigenvalue weighted by molar-refractivity contribution is 6.00. The Bertz CT molecular complexity index is 1410. The van der Waals surface area contributed by atoms with E-state index in [-0.39, 0.29) is 34.3 Å². The van der Waals surface area contributed by atoms with E-state index in [1.165, 1.54) is 6.07 Å². The number of rotatable bonds is 2. The van der Waals surface area contributed by atoms with Gasteiger partial charge in [-0.2, -0.15) is 0 Å². The Morgan fingerprint density at radius 1 is 1.09 bits per heavy atom. The van der Waals surface area contributed by atoms with Crippen molar-refractivity contribution in [2.24, 2.45) is 0 Å². The normalized spacial score (nSPS) is 16.7. The van der Waals surface area contributed by atoms with Crippen LogP contribution in [0.25, 0.3) is 16.7 Å². The number of aromatic hydroxyl groups is 1. The number of hydrogen-bond acceptors (Lipinski definition) is 6. The average Bonchev–Trinajstić information content (AvgIpc) is 3.45. The SMILES string of the molecule is O=C(c1cc2[nH]c(=O)c3nnc(C4CCOCC4)n3c2cc1O)N1Cc2ccccc2C1. The number of phenolic OH excluding ortho intramolecular Hbond substituents is 1. The van der Waals surface area contributed by atoms with Gasteiger partial charge in [0.05, 0.1) is 16.6 Å². The van der Waals surface area contributed by atoms with Gasteiger partial charge in [0.1, 0.15) is 11.6 Å². The van der Waals surface area contributed by atoms with Gasteiger partial charge in [-0.05, 0) is 30.0 Å². The summed E-state index contributed by atoms with van der Waals surface area (Å²) in [4.78, 5) is 30.4. The smallest absolute Gasteiger partial charge is 0.294 e. The standard InChI is InChI=1S/C23H21N5O4/c29-19-10-18-17(9-16(19)23(31)27-11-14-3-1-2-4-15(14)12-27)24-22(30)21-26-25-20(28(18)21)13-5-7-32-8-6-13/h1-4,9-10,13,29H,5-8,11-12H2,(H,24,30). The molecule has 2 aliphatic heterocycles. The minimum atomic E-state index is -0.388. The minimum Gasteiger partial charge on any atom is -0.507 e. The molecule has 0 spiro atoms. The number of benzene rings is 2. The number of hydrogen-bond donors (Lipinski definition) is 2. The van der Waals surface area contributed by atoms with Crippen molar-refractivity contribution >= 4 is 22.6 Å². The Hall–Kier alpha value is -3.72. The molecule has 162 valence electrons. The minimum absolute atomic E-state index is 0.107. The highest BCUT2D eigenvalue weighted by Crippen LogP contribution is 2.31. The number of carbonyl (C=O) groups excluding carboxylic acids is 1. The Balaban J connectivity index is 1.45. The van der Waals surface area contributed by atoms with Crippen molar-refractivity contribution in [3.8, 4) is 5.75 Å². The largest absolute Gasteiger partial charge is 0.507 e. The van der Waals surface area contributed by atoms with Crippen LogP contribution in [-0.4, -0.2) is 48.7 Å². The molecule has 1 fully saturated rings. The number of nitrogens with zero attached hydrogens (tertiary/aromatic N) is 4. The average molecular weight is 431 g/mol. The van der Waals surface area contributed by atoms with Crippen LogP contribution in [0.4, 0.5) is 0 Å². The van der Waals surface area contributed by atoms with Crippen molar-refractivity contribution in [1.29, 1.82) is 0 Å². The van der Waals surface area contributed by atoms with Gasteiger partial charge in [0.25, 0.3) is 11.5 Å². The summed E-state index contributed by atoms with van der Waals surface area (Å²) in [6, 6.07) is 11.0. The van der Waals surface area contributed by atoms with Gasteiger partial charge in [-0.15, -0.1) is 10.2 Å². The maximum atomic E-state index is 13.2. The first-order valence-electron chi connectivity index (χ1n) is 10.7.